The first-order valence-electron chi connectivity index (χ1n) is 7.60. The summed E-state index contributed by atoms with van der Waals surface area (Å²) in [7, 11) is -0.432. The van der Waals surface area contributed by atoms with Gasteiger partial charge in [0, 0.05) is 0 Å². The minimum Gasteiger partial charge on any atom is -0.504 e. The van der Waals surface area contributed by atoms with Crippen LogP contribution in [0.3, 0.4) is 0 Å². The van der Waals surface area contributed by atoms with Gasteiger partial charge in [0.15, 0.2) is 11.5 Å². The summed E-state index contributed by atoms with van der Waals surface area (Å²) in [5.74, 6) is 1.31. The van der Waals surface area contributed by atoms with Crippen LogP contribution in [0.4, 0.5) is 0 Å². The van der Waals surface area contributed by atoms with Crippen molar-refractivity contribution in [2.45, 2.75) is 51.7 Å². The lowest BCUT2D eigenvalue weighted by atomic mass is 9.79. The average molecular weight is 290 g/mol. The van der Waals surface area contributed by atoms with Crippen molar-refractivity contribution in [2.75, 3.05) is 6.61 Å². The molecule has 0 unspecified atom stereocenters. The van der Waals surface area contributed by atoms with Crippen molar-refractivity contribution in [1.82, 2.24) is 0 Å². The molecule has 4 nitrogen and oxygen atoms in total. The summed E-state index contributed by atoms with van der Waals surface area (Å²) in [6.07, 6.45) is 2.44. The fourth-order valence-electron chi connectivity index (χ4n) is 2.26. The number of hydrogen-bond donors (Lipinski definition) is 1. The van der Waals surface area contributed by atoms with Crippen molar-refractivity contribution in [3.8, 4) is 11.5 Å². The maximum absolute atomic E-state index is 9.91. The first-order valence-corrected chi connectivity index (χ1v) is 7.60. The molecule has 114 valence electrons. The van der Waals surface area contributed by atoms with Gasteiger partial charge in [-0.3, -0.25) is 0 Å². The average Bonchev–Trinajstić information content (AvgIpc) is 3.16. The lowest BCUT2D eigenvalue weighted by Crippen LogP contribution is -2.41. The van der Waals surface area contributed by atoms with E-state index >= 15 is 0 Å². The fourth-order valence-corrected chi connectivity index (χ4v) is 2.26. The van der Waals surface area contributed by atoms with Gasteiger partial charge in [0.1, 0.15) is 0 Å². The lowest BCUT2D eigenvalue weighted by Gasteiger charge is -2.32. The zero-order valence-electron chi connectivity index (χ0n) is 13.2. The van der Waals surface area contributed by atoms with E-state index in [-0.39, 0.29) is 17.0 Å². The molecule has 1 aromatic rings. The van der Waals surface area contributed by atoms with Gasteiger partial charge in [0.05, 0.1) is 17.8 Å². The highest BCUT2D eigenvalue weighted by atomic mass is 16.7. The molecule has 0 bridgehead atoms. The van der Waals surface area contributed by atoms with Gasteiger partial charge in [0.2, 0.25) is 0 Å². The smallest absolute Gasteiger partial charge is 0.494 e. The zero-order chi connectivity index (χ0) is 15.3. The Morgan fingerprint density at radius 1 is 1.19 bits per heavy atom. The summed E-state index contributed by atoms with van der Waals surface area (Å²) in [4.78, 5) is 0. The third-order valence-electron chi connectivity index (χ3n) is 4.68. The minimum absolute atomic E-state index is 0.163. The molecule has 0 atom stereocenters. The molecule has 0 amide bonds. The number of ether oxygens (including phenoxy) is 1. The van der Waals surface area contributed by atoms with Gasteiger partial charge in [-0.2, -0.15) is 0 Å². The molecule has 1 aliphatic heterocycles. The van der Waals surface area contributed by atoms with Crippen LogP contribution in [0.5, 0.6) is 11.5 Å². The number of phenols is 1. The van der Waals surface area contributed by atoms with Gasteiger partial charge in [0.25, 0.3) is 0 Å². The zero-order valence-corrected chi connectivity index (χ0v) is 13.2. The summed E-state index contributed by atoms with van der Waals surface area (Å²) in [6, 6.07) is 5.28. The van der Waals surface area contributed by atoms with Crippen LogP contribution in [0.2, 0.25) is 0 Å². The SMILES string of the molecule is CC1(C)OB(c2ccc(O)c(OCC3CC3)c2)OC1(C)C. The van der Waals surface area contributed by atoms with Crippen molar-refractivity contribution in [3.63, 3.8) is 0 Å². The summed E-state index contributed by atoms with van der Waals surface area (Å²) in [5, 5.41) is 9.91. The van der Waals surface area contributed by atoms with Gasteiger partial charge in [-0.05, 0) is 64.1 Å². The third kappa shape index (κ3) is 2.90. The van der Waals surface area contributed by atoms with E-state index in [1.54, 1.807) is 6.07 Å². The molecule has 1 aliphatic carbocycles. The number of phenolic OH excluding ortho intramolecular Hbond substituents is 1. The number of rotatable bonds is 4. The van der Waals surface area contributed by atoms with Gasteiger partial charge >= 0.3 is 7.12 Å². The van der Waals surface area contributed by atoms with Crippen molar-refractivity contribution >= 4 is 12.6 Å². The molecule has 21 heavy (non-hydrogen) atoms. The van der Waals surface area contributed by atoms with Crippen LogP contribution in [0.15, 0.2) is 18.2 Å². The Morgan fingerprint density at radius 3 is 2.38 bits per heavy atom. The molecule has 0 spiro atoms. The standard InChI is InChI=1S/C16H23BO4/c1-15(2)16(3,4)21-17(20-15)12-7-8-13(18)14(9-12)19-10-11-5-6-11/h7-9,11,18H,5-6,10H2,1-4H3. The van der Waals surface area contributed by atoms with E-state index in [2.05, 4.69) is 0 Å². The Balaban J connectivity index is 1.78. The van der Waals surface area contributed by atoms with Crippen molar-refractivity contribution in [1.29, 1.82) is 0 Å². The number of benzene rings is 1. The highest BCUT2D eigenvalue weighted by Gasteiger charge is 2.51. The molecule has 0 radical (unpaired) electrons. The van der Waals surface area contributed by atoms with E-state index in [1.807, 2.05) is 39.8 Å². The van der Waals surface area contributed by atoms with E-state index < -0.39 is 7.12 Å². The topological polar surface area (TPSA) is 47.9 Å². The second kappa shape index (κ2) is 4.92. The molecule has 2 aliphatic rings. The summed E-state index contributed by atoms with van der Waals surface area (Å²) in [5.41, 5.74) is 0.132. The molecule has 1 aromatic carbocycles. The lowest BCUT2D eigenvalue weighted by molar-refractivity contribution is 0.00578. The summed E-state index contributed by atoms with van der Waals surface area (Å²) >= 11 is 0. The van der Waals surface area contributed by atoms with Gasteiger partial charge < -0.3 is 19.2 Å². The van der Waals surface area contributed by atoms with E-state index in [9.17, 15) is 5.11 Å². The van der Waals surface area contributed by atoms with Crippen LogP contribution >= 0.6 is 0 Å². The molecular formula is C16H23BO4. The molecule has 1 N–H and O–H groups in total. The van der Waals surface area contributed by atoms with Crippen LogP contribution in [-0.4, -0.2) is 30.0 Å². The number of aromatic hydroxyl groups is 1. The van der Waals surface area contributed by atoms with E-state index in [1.165, 1.54) is 12.8 Å². The van der Waals surface area contributed by atoms with Gasteiger partial charge in [-0.15, -0.1) is 0 Å². The first-order chi connectivity index (χ1) is 9.78. The van der Waals surface area contributed by atoms with Crippen molar-refractivity contribution < 1.29 is 19.2 Å². The normalized spacial score (nSPS) is 23.3. The maximum atomic E-state index is 9.91. The predicted octanol–water partition coefficient (Wildman–Crippen LogP) is 2.48. The largest absolute Gasteiger partial charge is 0.504 e. The molecule has 1 heterocycles. The second-order valence-electron chi connectivity index (χ2n) is 7.07. The van der Waals surface area contributed by atoms with Crippen molar-refractivity contribution in [2.24, 2.45) is 5.92 Å². The fraction of sp³-hybridized carbons (Fsp3) is 0.625. The quantitative estimate of drug-likeness (QED) is 0.865. The Morgan fingerprint density at radius 2 is 1.81 bits per heavy atom. The Hall–Kier alpha value is -1.20. The second-order valence-corrected chi connectivity index (χ2v) is 7.07. The van der Waals surface area contributed by atoms with Crippen molar-refractivity contribution in [3.05, 3.63) is 18.2 Å². The molecule has 0 aromatic heterocycles. The van der Waals surface area contributed by atoms with Crippen LogP contribution in [0.1, 0.15) is 40.5 Å². The molecule has 1 saturated carbocycles. The van der Waals surface area contributed by atoms with E-state index in [0.717, 1.165) is 5.46 Å². The van der Waals surface area contributed by atoms with E-state index in [0.29, 0.717) is 18.3 Å². The van der Waals surface area contributed by atoms with Gasteiger partial charge in [-0.1, -0.05) is 6.07 Å². The first kappa shape index (κ1) is 14.7. The predicted molar refractivity (Wildman–Crippen MR) is 82.0 cm³/mol. The monoisotopic (exact) mass is 290 g/mol. The summed E-state index contributed by atoms with van der Waals surface area (Å²) < 4.78 is 17.8. The maximum Gasteiger partial charge on any atom is 0.494 e. The third-order valence-corrected chi connectivity index (χ3v) is 4.68. The highest BCUT2D eigenvalue weighted by Crippen LogP contribution is 2.37. The molecule has 5 heteroatoms. The Kier molecular flexibility index (Phi) is 3.45. The van der Waals surface area contributed by atoms with Crippen LogP contribution < -0.4 is 10.2 Å². The van der Waals surface area contributed by atoms with Crippen LogP contribution in [0, 0.1) is 5.92 Å². The van der Waals surface area contributed by atoms with E-state index in [4.69, 9.17) is 14.0 Å². The molecule has 2 fully saturated rings. The Labute approximate surface area is 126 Å². The molecule has 3 rings (SSSR count). The van der Waals surface area contributed by atoms with Gasteiger partial charge in [-0.25, -0.2) is 0 Å². The number of hydrogen-bond acceptors (Lipinski definition) is 4. The minimum atomic E-state index is -0.432. The summed E-state index contributed by atoms with van der Waals surface area (Å²) in [6.45, 7) is 8.77. The van der Waals surface area contributed by atoms with Crippen LogP contribution in [-0.2, 0) is 9.31 Å². The molecular weight excluding hydrogens is 267 g/mol. The highest BCUT2D eigenvalue weighted by molar-refractivity contribution is 6.62. The Bertz CT molecular complexity index is 521. The van der Waals surface area contributed by atoms with Crippen LogP contribution in [0.25, 0.3) is 0 Å². The molecule has 1 saturated heterocycles.